The molecule has 1 aromatic heterocycles. The zero-order valence-electron chi connectivity index (χ0n) is 20.2. The number of rotatable bonds is 13. The normalized spacial score (nSPS) is 12.9. The molecule has 0 saturated carbocycles. The molecule has 2 amide bonds. The van der Waals surface area contributed by atoms with Crippen molar-refractivity contribution >= 4 is 28.5 Å². The van der Waals surface area contributed by atoms with Gasteiger partial charge in [-0.3, -0.25) is 9.59 Å². The molecule has 35 heavy (non-hydrogen) atoms. The fraction of sp³-hybridized carbons (Fsp3) is 0.385. The van der Waals surface area contributed by atoms with Crippen molar-refractivity contribution in [2.45, 2.75) is 37.8 Å². The average Bonchev–Trinajstić information content (AvgIpc) is 2.87. The highest BCUT2D eigenvalue weighted by Crippen LogP contribution is 2.14. The van der Waals surface area contributed by atoms with Crippen LogP contribution >= 0.6 is 0 Å². The molecule has 3 aromatic rings. The third-order valence-electron chi connectivity index (χ3n) is 5.85. The maximum Gasteiger partial charge on any atom is 0.248 e. The lowest BCUT2D eigenvalue weighted by Crippen LogP contribution is -2.50. The first-order chi connectivity index (χ1) is 17.0. The molecule has 1 heterocycles. The number of aromatic nitrogens is 2. The van der Waals surface area contributed by atoms with E-state index >= 15 is 0 Å². The van der Waals surface area contributed by atoms with Crippen molar-refractivity contribution in [2.75, 3.05) is 32.0 Å². The number of fused-ring (bicyclic) bond motifs is 1. The lowest BCUT2D eigenvalue weighted by atomic mass is 10.0. The molecule has 0 aliphatic carbocycles. The maximum absolute atomic E-state index is 13.2. The molecular formula is C26H35N7O2. The number of carbonyl (C=O) groups is 2. The van der Waals surface area contributed by atoms with Crippen molar-refractivity contribution in [3.63, 3.8) is 0 Å². The number of nitrogens with two attached hydrogens (primary N) is 2. The third kappa shape index (κ3) is 8.40. The number of carbonyl (C=O) groups excluding carboxylic acids is 2. The van der Waals surface area contributed by atoms with Crippen molar-refractivity contribution < 1.29 is 9.59 Å². The molecule has 0 saturated heterocycles. The second-order valence-corrected chi connectivity index (χ2v) is 8.70. The molecule has 186 valence electrons. The van der Waals surface area contributed by atoms with Gasteiger partial charge in [-0.2, -0.15) is 0 Å². The van der Waals surface area contributed by atoms with Crippen LogP contribution in [-0.4, -0.2) is 65.7 Å². The number of amides is 2. The highest BCUT2D eigenvalue weighted by atomic mass is 16.2. The molecule has 0 aliphatic rings. The van der Waals surface area contributed by atoms with Gasteiger partial charge in [-0.15, -0.1) is 10.2 Å². The van der Waals surface area contributed by atoms with Gasteiger partial charge in [0.25, 0.3) is 0 Å². The molecule has 3 rings (SSSR count). The molecule has 0 bridgehead atoms. The number of hydrogen-bond acceptors (Lipinski definition) is 7. The Morgan fingerprint density at radius 3 is 2.49 bits per heavy atom. The Morgan fingerprint density at radius 1 is 0.971 bits per heavy atom. The summed E-state index contributed by atoms with van der Waals surface area (Å²) < 4.78 is 0. The van der Waals surface area contributed by atoms with Crippen molar-refractivity contribution in [3.05, 3.63) is 66.2 Å². The van der Waals surface area contributed by atoms with Gasteiger partial charge in [0.05, 0.1) is 11.6 Å². The number of likely N-dealkylation sites (N-methyl/N-ethyl adjacent to an activating group) is 1. The molecular weight excluding hydrogens is 442 g/mol. The first-order valence-electron chi connectivity index (χ1n) is 12.0. The molecule has 0 spiro atoms. The van der Waals surface area contributed by atoms with E-state index in [0.717, 1.165) is 36.0 Å². The van der Waals surface area contributed by atoms with Crippen molar-refractivity contribution in [1.29, 1.82) is 0 Å². The van der Waals surface area contributed by atoms with E-state index < -0.39 is 12.1 Å². The van der Waals surface area contributed by atoms with Crippen LogP contribution in [0.1, 0.15) is 24.8 Å². The monoisotopic (exact) mass is 477 g/mol. The minimum absolute atomic E-state index is 0.333. The predicted octanol–water partition coefficient (Wildman–Crippen LogP) is 1.68. The fourth-order valence-electron chi connectivity index (χ4n) is 3.81. The van der Waals surface area contributed by atoms with Crippen molar-refractivity contribution in [1.82, 2.24) is 20.4 Å². The Hall–Kier alpha value is -3.40. The van der Waals surface area contributed by atoms with Gasteiger partial charge in [0.2, 0.25) is 11.8 Å². The zero-order valence-corrected chi connectivity index (χ0v) is 20.2. The van der Waals surface area contributed by atoms with Gasteiger partial charge >= 0.3 is 0 Å². The molecule has 0 fully saturated rings. The minimum Gasteiger partial charge on any atom is -0.343 e. The van der Waals surface area contributed by atoms with Gasteiger partial charge in [0.15, 0.2) is 5.82 Å². The van der Waals surface area contributed by atoms with Crippen LogP contribution in [0.15, 0.2) is 60.7 Å². The average molecular weight is 478 g/mol. The summed E-state index contributed by atoms with van der Waals surface area (Å²) in [4.78, 5) is 28.1. The van der Waals surface area contributed by atoms with Crippen LogP contribution in [-0.2, 0) is 16.0 Å². The predicted molar refractivity (Wildman–Crippen MR) is 139 cm³/mol. The highest BCUT2D eigenvalue weighted by molar-refractivity contribution is 5.98. The molecule has 9 heteroatoms. The minimum atomic E-state index is -0.762. The summed E-state index contributed by atoms with van der Waals surface area (Å²) in [5.41, 5.74) is 13.5. The lowest BCUT2D eigenvalue weighted by molar-refractivity contribution is -0.127. The second kappa shape index (κ2) is 13.5. The molecule has 9 nitrogen and oxygen atoms in total. The summed E-state index contributed by atoms with van der Waals surface area (Å²) in [6, 6.07) is 17.7. The highest BCUT2D eigenvalue weighted by Gasteiger charge is 2.24. The smallest absolute Gasteiger partial charge is 0.248 e. The summed E-state index contributed by atoms with van der Waals surface area (Å²) in [5.74, 6) is -0.363. The van der Waals surface area contributed by atoms with Crippen LogP contribution < -0.4 is 22.1 Å². The van der Waals surface area contributed by atoms with E-state index in [9.17, 15) is 9.59 Å². The summed E-state index contributed by atoms with van der Waals surface area (Å²) in [6.07, 6.45) is 2.33. The molecule has 0 aliphatic heterocycles. The number of aryl methyl sites for hydroxylation is 1. The maximum atomic E-state index is 13.2. The number of nitrogens with one attached hydrogen (secondary N) is 2. The van der Waals surface area contributed by atoms with Gasteiger partial charge < -0.3 is 27.0 Å². The molecule has 6 N–H and O–H groups in total. The number of hydrogen-bond donors (Lipinski definition) is 4. The van der Waals surface area contributed by atoms with Crippen LogP contribution in [0, 0.1) is 0 Å². The van der Waals surface area contributed by atoms with Crippen LogP contribution in [0.4, 0.5) is 5.82 Å². The number of benzene rings is 2. The quantitative estimate of drug-likeness (QED) is 0.294. The fourth-order valence-corrected chi connectivity index (χ4v) is 3.81. The van der Waals surface area contributed by atoms with E-state index in [-0.39, 0.29) is 11.8 Å². The van der Waals surface area contributed by atoms with E-state index in [1.165, 1.54) is 0 Å². The summed E-state index contributed by atoms with van der Waals surface area (Å²) >= 11 is 0. The summed E-state index contributed by atoms with van der Waals surface area (Å²) in [5, 5.41) is 14.8. The van der Waals surface area contributed by atoms with E-state index in [1.54, 1.807) is 6.07 Å². The third-order valence-corrected chi connectivity index (χ3v) is 5.85. The Balaban J connectivity index is 1.63. The standard InChI is InChI=1S/C26H35N7O2/c1-33(17-15-27)16-7-11-21(28)25(34)29-23(14-13-19-8-3-2-4-9-19)26(35)30-24-18-20-10-5-6-12-22(20)31-32-24/h2-6,8-10,12,18,21,23H,7,11,13-17,27-28H2,1H3,(H,29,34)(H,30,32,35)/t21-,23+/m0/s1. The van der Waals surface area contributed by atoms with Crippen LogP contribution in [0.5, 0.6) is 0 Å². The number of nitrogens with zero attached hydrogens (tertiary/aromatic N) is 3. The Labute approximate surface area is 206 Å². The molecule has 0 unspecified atom stereocenters. The van der Waals surface area contributed by atoms with E-state index in [2.05, 4.69) is 25.7 Å². The Kier molecular flexibility index (Phi) is 10.1. The molecule has 0 radical (unpaired) electrons. The van der Waals surface area contributed by atoms with Crippen LogP contribution in [0.3, 0.4) is 0 Å². The van der Waals surface area contributed by atoms with Gasteiger partial charge in [-0.1, -0.05) is 48.5 Å². The SMILES string of the molecule is CN(CCN)CCC[C@H](N)C(=O)N[C@H](CCc1ccccc1)C(=O)Nc1cc2ccccc2nn1. The Morgan fingerprint density at radius 2 is 1.71 bits per heavy atom. The first-order valence-corrected chi connectivity index (χ1v) is 12.0. The van der Waals surface area contributed by atoms with Gasteiger partial charge in [-0.25, -0.2) is 0 Å². The molecule has 2 atom stereocenters. The van der Waals surface area contributed by atoms with E-state index in [4.69, 9.17) is 11.5 Å². The largest absolute Gasteiger partial charge is 0.343 e. The number of anilines is 1. The topological polar surface area (TPSA) is 139 Å². The van der Waals surface area contributed by atoms with E-state index in [0.29, 0.717) is 31.6 Å². The summed E-state index contributed by atoms with van der Waals surface area (Å²) in [6.45, 7) is 2.18. The van der Waals surface area contributed by atoms with Gasteiger partial charge in [0, 0.05) is 18.5 Å². The summed E-state index contributed by atoms with van der Waals surface area (Å²) in [7, 11) is 1.98. The second-order valence-electron chi connectivity index (χ2n) is 8.70. The Bertz CT molecular complexity index is 1090. The zero-order chi connectivity index (χ0) is 25.0. The van der Waals surface area contributed by atoms with Crippen molar-refractivity contribution in [2.24, 2.45) is 11.5 Å². The van der Waals surface area contributed by atoms with Crippen LogP contribution in [0.25, 0.3) is 10.9 Å². The first kappa shape index (κ1) is 26.2. The van der Waals surface area contributed by atoms with Gasteiger partial charge in [0.1, 0.15) is 6.04 Å². The van der Waals surface area contributed by atoms with Crippen LogP contribution in [0.2, 0.25) is 0 Å². The lowest BCUT2D eigenvalue weighted by Gasteiger charge is -2.21. The van der Waals surface area contributed by atoms with Gasteiger partial charge in [-0.05, 0) is 57.0 Å². The molecule has 2 aromatic carbocycles. The van der Waals surface area contributed by atoms with E-state index in [1.807, 2.05) is 61.6 Å². The van der Waals surface area contributed by atoms with Crippen molar-refractivity contribution in [3.8, 4) is 0 Å².